The topological polar surface area (TPSA) is 98.2 Å². The van der Waals surface area contributed by atoms with Gasteiger partial charge in [-0.1, -0.05) is 24.2 Å². The Hall–Kier alpha value is -3.55. The van der Waals surface area contributed by atoms with Gasteiger partial charge in [-0.2, -0.15) is 4.98 Å². The summed E-state index contributed by atoms with van der Waals surface area (Å²) in [6.07, 6.45) is 3.63. The molecule has 0 saturated heterocycles. The van der Waals surface area contributed by atoms with Gasteiger partial charge in [-0.15, -0.1) is 10.2 Å². The molecule has 0 bridgehead atoms. The van der Waals surface area contributed by atoms with Crippen LogP contribution in [0.3, 0.4) is 0 Å². The third-order valence-corrected chi connectivity index (χ3v) is 4.28. The summed E-state index contributed by atoms with van der Waals surface area (Å²) in [6.45, 7) is 4.04. The molecule has 1 aromatic carbocycles. The van der Waals surface area contributed by atoms with Crippen LogP contribution in [0.1, 0.15) is 30.6 Å². The number of rotatable bonds is 6. The average Bonchev–Trinajstić information content (AvgIpc) is 3.29. The molecule has 0 aliphatic rings. The van der Waals surface area contributed by atoms with Crippen molar-refractivity contribution in [1.82, 2.24) is 24.7 Å². The third kappa shape index (κ3) is 3.75. The fourth-order valence-electron chi connectivity index (χ4n) is 2.95. The largest absolute Gasteiger partial charge is 0.334 e. The molecule has 1 N–H and O–H groups in total. The second-order valence-corrected chi connectivity index (χ2v) is 6.62. The number of carbonyl (C=O) groups excluding carboxylic acids is 1. The molecule has 0 aliphatic heterocycles. The van der Waals surface area contributed by atoms with Crippen LogP contribution in [0.25, 0.3) is 17.1 Å². The molecule has 0 unspecified atom stereocenters. The number of anilines is 1. The Kier molecular flexibility index (Phi) is 4.84. The maximum atomic E-state index is 12.4. The first-order valence-electron chi connectivity index (χ1n) is 9.15. The summed E-state index contributed by atoms with van der Waals surface area (Å²) in [5.74, 6) is 1.50. The van der Waals surface area contributed by atoms with Crippen LogP contribution in [0.4, 0.5) is 5.69 Å². The average molecular weight is 376 g/mol. The van der Waals surface area contributed by atoms with Gasteiger partial charge in [0.25, 0.3) is 5.89 Å². The zero-order valence-electron chi connectivity index (χ0n) is 15.7. The number of carbonyl (C=O) groups is 1. The van der Waals surface area contributed by atoms with Gasteiger partial charge in [0.05, 0.1) is 12.0 Å². The number of hydrogen-bond donors (Lipinski definition) is 1. The molecule has 0 saturated carbocycles. The van der Waals surface area contributed by atoms with Crippen molar-refractivity contribution >= 4 is 17.2 Å². The summed E-state index contributed by atoms with van der Waals surface area (Å²) in [5, 5.41) is 15.2. The van der Waals surface area contributed by atoms with Gasteiger partial charge in [-0.3, -0.25) is 9.20 Å². The van der Waals surface area contributed by atoms with Gasteiger partial charge in [0.15, 0.2) is 11.5 Å². The first-order valence-corrected chi connectivity index (χ1v) is 9.15. The Bertz CT molecular complexity index is 1130. The second-order valence-electron chi connectivity index (χ2n) is 6.62. The van der Waals surface area contributed by atoms with Crippen molar-refractivity contribution in [3.8, 4) is 11.5 Å². The van der Waals surface area contributed by atoms with Gasteiger partial charge in [-0.05, 0) is 43.2 Å². The van der Waals surface area contributed by atoms with Crippen LogP contribution >= 0.6 is 0 Å². The molecule has 28 heavy (non-hydrogen) atoms. The SMILES string of the molecule is CCCc1noc(-c2ccc3nnc(CC(=O)Nc4cccc(C)c4)n3c2)n1. The van der Waals surface area contributed by atoms with E-state index >= 15 is 0 Å². The highest BCUT2D eigenvalue weighted by molar-refractivity contribution is 5.92. The number of nitrogens with one attached hydrogen (secondary N) is 1. The van der Waals surface area contributed by atoms with E-state index in [9.17, 15) is 4.79 Å². The van der Waals surface area contributed by atoms with Crippen molar-refractivity contribution < 1.29 is 9.32 Å². The van der Waals surface area contributed by atoms with Crippen LogP contribution < -0.4 is 5.32 Å². The van der Waals surface area contributed by atoms with Crippen LogP contribution in [0, 0.1) is 6.92 Å². The Labute approximate surface area is 161 Å². The summed E-state index contributed by atoms with van der Waals surface area (Å²) in [4.78, 5) is 16.8. The quantitative estimate of drug-likeness (QED) is 0.555. The predicted molar refractivity (Wildman–Crippen MR) is 104 cm³/mol. The molecular weight excluding hydrogens is 356 g/mol. The van der Waals surface area contributed by atoms with Gasteiger partial charge in [0.2, 0.25) is 5.91 Å². The van der Waals surface area contributed by atoms with E-state index in [4.69, 9.17) is 4.52 Å². The minimum Gasteiger partial charge on any atom is -0.334 e. The van der Waals surface area contributed by atoms with Gasteiger partial charge in [-0.25, -0.2) is 0 Å². The van der Waals surface area contributed by atoms with Crippen molar-refractivity contribution in [2.75, 3.05) is 5.32 Å². The normalized spacial score (nSPS) is 11.1. The number of pyridine rings is 1. The molecule has 4 aromatic rings. The summed E-state index contributed by atoms with van der Waals surface area (Å²) < 4.78 is 7.12. The van der Waals surface area contributed by atoms with E-state index in [2.05, 4.69) is 32.6 Å². The Morgan fingerprint density at radius 2 is 2.11 bits per heavy atom. The summed E-state index contributed by atoms with van der Waals surface area (Å²) in [5.41, 5.74) is 3.24. The van der Waals surface area contributed by atoms with Crippen molar-refractivity contribution in [3.05, 3.63) is 59.8 Å². The molecule has 0 spiro atoms. The number of benzene rings is 1. The van der Waals surface area contributed by atoms with Gasteiger partial charge >= 0.3 is 0 Å². The molecule has 8 heteroatoms. The zero-order valence-corrected chi connectivity index (χ0v) is 15.7. The van der Waals surface area contributed by atoms with Gasteiger partial charge in [0.1, 0.15) is 5.82 Å². The van der Waals surface area contributed by atoms with Crippen molar-refractivity contribution in [2.24, 2.45) is 0 Å². The molecule has 0 radical (unpaired) electrons. The van der Waals surface area contributed by atoms with Crippen LogP contribution in [-0.4, -0.2) is 30.6 Å². The van der Waals surface area contributed by atoms with E-state index in [-0.39, 0.29) is 12.3 Å². The minimum absolute atomic E-state index is 0.101. The lowest BCUT2D eigenvalue weighted by Gasteiger charge is -2.05. The Morgan fingerprint density at radius 3 is 2.93 bits per heavy atom. The standard InChI is InChI=1S/C20H20N6O2/c1-3-5-16-22-20(28-25-16)14-8-9-17-23-24-18(26(17)12-14)11-19(27)21-15-7-4-6-13(2)10-15/h4,6-10,12H,3,5,11H2,1-2H3,(H,21,27). The zero-order chi connectivity index (χ0) is 19.5. The number of hydrogen-bond acceptors (Lipinski definition) is 6. The fourth-order valence-corrected chi connectivity index (χ4v) is 2.95. The molecule has 0 atom stereocenters. The number of aromatic nitrogens is 5. The molecule has 8 nitrogen and oxygen atoms in total. The molecule has 142 valence electrons. The molecule has 3 heterocycles. The van der Waals surface area contributed by atoms with Crippen LogP contribution in [-0.2, 0) is 17.6 Å². The first-order chi connectivity index (χ1) is 13.6. The number of nitrogens with zero attached hydrogens (tertiary/aromatic N) is 5. The number of amides is 1. The summed E-state index contributed by atoms with van der Waals surface area (Å²) >= 11 is 0. The second kappa shape index (κ2) is 7.59. The smallest absolute Gasteiger partial charge is 0.259 e. The highest BCUT2D eigenvalue weighted by Gasteiger charge is 2.14. The molecule has 0 aliphatic carbocycles. The summed E-state index contributed by atoms with van der Waals surface area (Å²) in [7, 11) is 0. The lowest BCUT2D eigenvalue weighted by Crippen LogP contribution is -2.16. The maximum Gasteiger partial charge on any atom is 0.259 e. The van der Waals surface area contributed by atoms with Gasteiger partial charge in [0, 0.05) is 18.3 Å². The molecule has 1 amide bonds. The molecular formula is C20H20N6O2. The van der Waals surface area contributed by atoms with E-state index in [1.54, 1.807) is 4.40 Å². The van der Waals surface area contributed by atoms with Crippen LogP contribution in [0.15, 0.2) is 47.1 Å². The van der Waals surface area contributed by atoms with Crippen LogP contribution in [0.2, 0.25) is 0 Å². The Balaban J connectivity index is 1.56. The van der Waals surface area contributed by atoms with E-state index in [1.807, 2.05) is 49.5 Å². The monoisotopic (exact) mass is 376 g/mol. The molecule has 0 fully saturated rings. The third-order valence-electron chi connectivity index (χ3n) is 4.28. The van der Waals surface area contributed by atoms with Crippen molar-refractivity contribution in [1.29, 1.82) is 0 Å². The van der Waals surface area contributed by atoms with E-state index in [0.29, 0.717) is 23.2 Å². The highest BCUT2D eigenvalue weighted by Crippen LogP contribution is 2.19. The lowest BCUT2D eigenvalue weighted by molar-refractivity contribution is -0.115. The van der Waals surface area contributed by atoms with Crippen molar-refractivity contribution in [3.63, 3.8) is 0 Å². The van der Waals surface area contributed by atoms with Crippen LogP contribution in [0.5, 0.6) is 0 Å². The fraction of sp³-hybridized carbons (Fsp3) is 0.250. The predicted octanol–water partition coefficient (Wildman–Crippen LogP) is 3.22. The number of aryl methyl sites for hydroxylation is 2. The maximum absolute atomic E-state index is 12.4. The number of fused-ring (bicyclic) bond motifs is 1. The van der Waals surface area contributed by atoms with Gasteiger partial charge < -0.3 is 9.84 Å². The summed E-state index contributed by atoms with van der Waals surface area (Å²) in [6, 6.07) is 11.3. The lowest BCUT2D eigenvalue weighted by atomic mass is 10.2. The van der Waals surface area contributed by atoms with E-state index < -0.39 is 0 Å². The van der Waals surface area contributed by atoms with E-state index in [1.165, 1.54) is 0 Å². The molecule has 4 rings (SSSR count). The first kappa shape index (κ1) is 17.8. The molecule has 3 aromatic heterocycles. The minimum atomic E-state index is -0.159. The van der Waals surface area contributed by atoms with E-state index in [0.717, 1.165) is 29.7 Å². The Morgan fingerprint density at radius 1 is 1.21 bits per heavy atom. The highest BCUT2D eigenvalue weighted by atomic mass is 16.5. The van der Waals surface area contributed by atoms with Crippen molar-refractivity contribution in [2.45, 2.75) is 33.1 Å².